The molecule has 5 rings (SSSR count). The number of likely N-dealkylation sites (N-methyl/N-ethyl adjacent to an activating group) is 1. The lowest BCUT2D eigenvalue weighted by Crippen LogP contribution is -2.28. The van der Waals surface area contributed by atoms with Gasteiger partial charge in [0.05, 0.1) is 22.9 Å². The lowest BCUT2D eigenvalue weighted by Gasteiger charge is -2.27. The van der Waals surface area contributed by atoms with E-state index in [9.17, 15) is 4.79 Å². The van der Waals surface area contributed by atoms with Crippen LogP contribution in [0.1, 0.15) is 36.8 Å². The Balaban J connectivity index is 1.42. The van der Waals surface area contributed by atoms with Crippen molar-refractivity contribution in [3.8, 4) is 22.6 Å². The van der Waals surface area contributed by atoms with E-state index in [1.165, 1.54) is 4.90 Å². The maximum absolute atomic E-state index is 12.0. The molecule has 1 aromatic carbocycles. The van der Waals surface area contributed by atoms with E-state index in [0.29, 0.717) is 23.2 Å². The molecule has 3 aromatic heterocycles. The minimum Gasteiger partial charge on any atom is -0.368 e. The molecule has 0 saturated heterocycles. The van der Waals surface area contributed by atoms with Crippen molar-refractivity contribution < 1.29 is 9.32 Å². The Morgan fingerprint density at radius 1 is 1.17 bits per heavy atom. The molecule has 0 spiro atoms. The zero-order valence-corrected chi connectivity index (χ0v) is 20.3. The van der Waals surface area contributed by atoms with Crippen molar-refractivity contribution in [3.63, 3.8) is 0 Å². The number of aromatic nitrogens is 6. The summed E-state index contributed by atoms with van der Waals surface area (Å²) in [6.45, 7) is 4.25. The highest BCUT2D eigenvalue weighted by Crippen LogP contribution is 2.50. The molecule has 1 fully saturated rings. The van der Waals surface area contributed by atoms with Gasteiger partial charge in [0.1, 0.15) is 6.54 Å². The van der Waals surface area contributed by atoms with E-state index in [4.69, 9.17) is 15.2 Å². The van der Waals surface area contributed by atoms with E-state index in [-0.39, 0.29) is 23.8 Å². The van der Waals surface area contributed by atoms with Crippen molar-refractivity contribution in [2.45, 2.75) is 38.6 Å². The normalized spacial score (nSPS) is 15.1. The van der Waals surface area contributed by atoms with Crippen molar-refractivity contribution in [3.05, 3.63) is 59.9 Å². The SMILES string of the molecule is Cc1nc(N)ncc1-c1ccc([C@@](C)(c2noc(-c3cnn(CC(=O)N(C)C)c3)n2)C2CC2)cc1. The van der Waals surface area contributed by atoms with Crippen LogP contribution >= 0.6 is 0 Å². The summed E-state index contributed by atoms with van der Waals surface area (Å²) in [6, 6.07) is 8.38. The molecular weight excluding hydrogens is 444 g/mol. The molecule has 0 radical (unpaired) electrons. The first-order valence-corrected chi connectivity index (χ1v) is 11.5. The highest BCUT2D eigenvalue weighted by Gasteiger charge is 2.47. The first kappa shape index (κ1) is 22.7. The van der Waals surface area contributed by atoms with Gasteiger partial charge < -0.3 is 15.2 Å². The molecule has 0 bridgehead atoms. The quantitative estimate of drug-likeness (QED) is 0.434. The van der Waals surface area contributed by atoms with E-state index < -0.39 is 0 Å². The fourth-order valence-electron chi connectivity index (χ4n) is 4.36. The third-order valence-electron chi connectivity index (χ3n) is 6.75. The first-order valence-electron chi connectivity index (χ1n) is 11.5. The second-order valence-corrected chi connectivity index (χ2v) is 9.42. The third kappa shape index (κ3) is 4.27. The summed E-state index contributed by atoms with van der Waals surface area (Å²) >= 11 is 0. The van der Waals surface area contributed by atoms with Gasteiger partial charge in [-0.05, 0) is 43.7 Å². The van der Waals surface area contributed by atoms with E-state index in [1.807, 2.05) is 6.92 Å². The van der Waals surface area contributed by atoms with Gasteiger partial charge in [0.15, 0.2) is 5.82 Å². The topological polar surface area (TPSA) is 129 Å². The fraction of sp³-hybridized carbons (Fsp3) is 0.360. The molecule has 0 aliphatic heterocycles. The Morgan fingerprint density at radius 2 is 1.91 bits per heavy atom. The summed E-state index contributed by atoms with van der Waals surface area (Å²) in [5.41, 5.74) is 9.94. The van der Waals surface area contributed by atoms with Crippen LogP contribution in [-0.4, -0.2) is 54.8 Å². The van der Waals surface area contributed by atoms with Crippen molar-refractivity contribution in [1.29, 1.82) is 0 Å². The van der Waals surface area contributed by atoms with Gasteiger partial charge in [0.25, 0.3) is 5.89 Å². The molecule has 1 aliphatic rings. The molecule has 180 valence electrons. The van der Waals surface area contributed by atoms with Crippen molar-refractivity contribution in [2.75, 3.05) is 19.8 Å². The average molecular weight is 473 g/mol. The number of rotatable bonds is 7. The minimum absolute atomic E-state index is 0.0450. The summed E-state index contributed by atoms with van der Waals surface area (Å²) in [4.78, 5) is 26.7. The van der Waals surface area contributed by atoms with Gasteiger partial charge in [-0.15, -0.1) is 0 Å². The number of anilines is 1. The molecule has 35 heavy (non-hydrogen) atoms. The van der Waals surface area contributed by atoms with Gasteiger partial charge in [-0.1, -0.05) is 29.4 Å². The Kier molecular flexibility index (Phi) is 5.58. The van der Waals surface area contributed by atoms with E-state index in [0.717, 1.165) is 35.2 Å². The first-order chi connectivity index (χ1) is 16.8. The van der Waals surface area contributed by atoms with Crippen LogP contribution in [0.5, 0.6) is 0 Å². The molecule has 10 nitrogen and oxygen atoms in total. The summed E-state index contributed by atoms with van der Waals surface area (Å²) in [7, 11) is 3.43. The Labute approximate surface area is 203 Å². The number of carbonyl (C=O) groups is 1. The molecule has 1 amide bonds. The molecule has 0 unspecified atom stereocenters. The molecule has 4 aromatic rings. The average Bonchev–Trinajstić information content (AvgIpc) is 3.39. The summed E-state index contributed by atoms with van der Waals surface area (Å²) in [6.07, 6.45) is 7.36. The second kappa shape index (κ2) is 8.61. The number of hydrogen-bond donors (Lipinski definition) is 1. The predicted octanol–water partition coefficient (Wildman–Crippen LogP) is 3.08. The zero-order chi connectivity index (χ0) is 24.7. The number of benzene rings is 1. The summed E-state index contributed by atoms with van der Waals surface area (Å²) in [5, 5.41) is 8.64. The van der Waals surface area contributed by atoms with Gasteiger partial charge in [0.2, 0.25) is 11.9 Å². The fourth-order valence-corrected chi connectivity index (χ4v) is 4.36. The maximum Gasteiger partial charge on any atom is 0.261 e. The van der Waals surface area contributed by atoms with Gasteiger partial charge >= 0.3 is 0 Å². The van der Waals surface area contributed by atoms with Crippen LogP contribution in [0, 0.1) is 12.8 Å². The van der Waals surface area contributed by atoms with Crippen molar-refractivity contribution in [1.82, 2.24) is 34.8 Å². The van der Waals surface area contributed by atoms with Crippen LogP contribution in [0.2, 0.25) is 0 Å². The molecule has 10 heteroatoms. The van der Waals surface area contributed by atoms with Crippen LogP contribution in [0.25, 0.3) is 22.6 Å². The maximum atomic E-state index is 12.0. The third-order valence-corrected chi connectivity index (χ3v) is 6.75. The number of carbonyl (C=O) groups excluding carboxylic acids is 1. The molecule has 3 heterocycles. The Bertz CT molecular complexity index is 1370. The smallest absolute Gasteiger partial charge is 0.261 e. The van der Waals surface area contributed by atoms with E-state index >= 15 is 0 Å². The van der Waals surface area contributed by atoms with E-state index in [1.54, 1.807) is 37.4 Å². The van der Waals surface area contributed by atoms with Crippen molar-refractivity contribution in [2.24, 2.45) is 5.92 Å². The van der Waals surface area contributed by atoms with Gasteiger partial charge in [-0.2, -0.15) is 10.1 Å². The number of aryl methyl sites for hydroxylation is 1. The van der Waals surface area contributed by atoms with E-state index in [2.05, 4.69) is 51.4 Å². The molecule has 1 atom stereocenters. The molecule has 1 aliphatic carbocycles. The Hall–Kier alpha value is -4.08. The standard InChI is InChI=1S/C25H28N8O2/c1-15-20(12-27-24(26)29-15)16-5-7-18(8-6-16)25(2,19-9-10-19)23-30-22(35-31-23)17-11-28-33(13-17)14-21(34)32(3)4/h5-8,11-13,19H,9-10,14H2,1-4H3,(H2,26,27,29)/t25-/m1/s1. The minimum atomic E-state index is -0.385. The second-order valence-electron chi connectivity index (χ2n) is 9.42. The molecule has 1 saturated carbocycles. The summed E-state index contributed by atoms with van der Waals surface area (Å²) in [5.74, 6) is 1.69. The highest BCUT2D eigenvalue weighted by molar-refractivity contribution is 5.75. The number of hydrogen-bond acceptors (Lipinski definition) is 8. The zero-order valence-electron chi connectivity index (χ0n) is 20.3. The molecule has 2 N–H and O–H groups in total. The van der Waals surface area contributed by atoms with Gasteiger partial charge in [-0.25, -0.2) is 9.97 Å². The van der Waals surface area contributed by atoms with Crippen LogP contribution in [-0.2, 0) is 16.8 Å². The van der Waals surface area contributed by atoms with Gasteiger partial charge in [-0.3, -0.25) is 9.48 Å². The van der Waals surface area contributed by atoms with Crippen LogP contribution in [0.4, 0.5) is 5.95 Å². The Morgan fingerprint density at radius 3 is 2.57 bits per heavy atom. The van der Waals surface area contributed by atoms with Crippen molar-refractivity contribution >= 4 is 11.9 Å². The van der Waals surface area contributed by atoms with Crippen LogP contribution < -0.4 is 5.73 Å². The van der Waals surface area contributed by atoms with Crippen LogP contribution in [0.3, 0.4) is 0 Å². The van der Waals surface area contributed by atoms with Gasteiger partial charge in [0, 0.05) is 32.1 Å². The lowest BCUT2D eigenvalue weighted by molar-refractivity contribution is -0.129. The summed E-state index contributed by atoms with van der Waals surface area (Å²) < 4.78 is 7.22. The lowest BCUT2D eigenvalue weighted by atomic mass is 9.76. The monoisotopic (exact) mass is 472 g/mol. The number of amides is 1. The highest BCUT2D eigenvalue weighted by atomic mass is 16.5. The molecular formula is C25H28N8O2. The van der Waals surface area contributed by atoms with Crippen LogP contribution in [0.15, 0.2) is 47.4 Å². The largest absolute Gasteiger partial charge is 0.368 e. The predicted molar refractivity (Wildman–Crippen MR) is 130 cm³/mol. The number of nitrogens with two attached hydrogens (primary N) is 1. The number of nitrogen functional groups attached to an aromatic ring is 1. The number of nitrogens with zero attached hydrogens (tertiary/aromatic N) is 7.